The molecular formula is C29H27N5O5S. The van der Waals surface area contributed by atoms with Crippen molar-refractivity contribution in [3.8, 4) is 11.4 Å². The number of hydrogen-bond acceptors (Lipinski definition) is 6. The van der Waals surface area contributed by atoms with Crippen LogP contribution in [0, 0.1) is 0 Å². The second kappa shape index (κ2) is 9.91. The number of carbonyl (C=O) groups excluding carboxylic acids is 1. The second-order valence-electron chi connectivity index (χ2n) is 10.1. The molecule has 1 saturated carbocycles. The molecule has 2 N–H and O–H groups in total. The van der Waals surface area contributed by atoms with Crippen LogP contribution in [0.25, 0.3) is 33.2 Å². The Labute approximate surface area is 229 Å². The Morgan fingerprint density at radius 2 is 1.70 bits per heavy atom. The molecule has 11 heteroatoms. The van der Waals surface area contributed by atoms with Gasteiger partial charge in [0, 0.05) is 24.2 Å². The summed E-state index contributed by atoms with van der Waals surface area (Å²) in [6.07, 6.45) is 5.24. The van der Waals surface area contributed by atoms with Crippen LogP contribution in [0.1, 0.15) is 48.5 Å². The van der Waals surface area contributed by atoms with Gasteiger partial charge in [0.25, 0.3) is 27.0 Å². The Morgan fingerprint density at radius 3 is 2.45 bits per heavy atom. The Balaban J connectivity index is 1.46. The highest BCUT2D eigenvalue weighted by Crippen LogP contribution is 2.36. The van der Waals surface area contributed by atoms with Gasteiger partial charge in [-0.1, -0.05) is 43.5 Å². The fraction of sp³-hybridized carbons (Fsp3) is 0.241. The van der Waals surface area contributed by atoms with Crippen molar-refractivity contribution in [2.45, 2.75) is 43.0 Å². The van der Waals surface area contributed by atoms with Gasteiger partial charge in [-0.25, -0.2) is 18.1 Å². The topological polar surface area (TPSA) is 136 Å². The molecular weight excluding hydrogens is 530 g/mol. The van der Waals surface area contributed by atoms with Crippen molar-refractivity contribution in [1.29, 1.82) is 0 Å². The van der Waals surface area contributed by atoms with Crippen molar-refractivity contribution >= 4 is 37.7 Å². The van der Waals surface area contributed by atoms with Crippen molar-refractivity contribution in [2.24, 2.45) is 7.05 Å². The molecule has 0 saturated heterocycles. The molecule has 6 rings (SSSR count). The summed E-state index contributed by atoms with van der Waals surface area (Å²) in [6, 6.07) is 17.9. The van der Waals surface area contributed by atoms with Crippen LogP contribution in [0.3, 0.4) is 0 Å². The van der Waals surface area contributed by atoms with E-state index < -0.39 is 15.9 Å². The maximum atomic E-state index is 13.0. The van der Waals surface area contributed by atoms with Crippen LogP contribution in [0.15, 0.2) is 81.2 Å². The normalized spacial score (nSPS) is 14.5. The quantitative estimate of drug-likeness (QED) is 0.337. The minimum absolute atomic E-state index is 0.00517. The Bertz CT molecular complexity index is 2000. The maximum Gasteiger partial charge on any atom is 0.272 e. The van der Waals surface area contributed by atoms with Crippen LogP contribution >= 0.6 is 0 Å². The Hall–Kier alpha value is -4.51. The van der Waals surface area contributed by atoms with Crippen molar-refractivity contribution in [1.82, 2.24) is 24.1 Å². The van der Waals surface area contributed by atoms with E-state index in [0.717, 1.165) is 42.3 Å². The summed E-state index contributed by atoms with van der Waals surface area (Å²) in [5, 5.41) is 3.13. The number of benzene rings is 3. The van der Waals surface area contributed by atoms with E-state index in [2.05, 4.69) is 14.4 Å². The third-order valence-corrected chi connectivity index (χ3v) is 8.85. The van der Waals surface area contributed by atoms with Crippen molar-refractivity contribution in [2.75, 3.05) is 0 Å². The summed E-state index contributed by atoms with van der Waals surface area (Å²) >= 11 is 0. The van der Waals surface area contributed by atoms with Crippen LogP contribution in [0.4, 0.5) is 0 Å². The first-order valence-corrected chi connectivity index (χ1v) is 14.6. The lowest BCUT2D eigenvalue weighted by atomic mass is 9.94. The number of H-pyrrole nitrogens is 1. The van der Waals surface area contributed by atoms with Gasteiger partial charge >= 0.3 is 0 Å². The third-order valence-electron chi connectivity index (χ3n) is 7.50. The lowest BCUT2D eigenvalue weighted by molar-refractivity contribution is 0.0981. The Morgan fingerprint density at radius 1 is 0.950 bits per heavy atom. The average molecular weight is 558 g/mol. The molecule has 0 aliphatic heterocycles. The van der Waals surface area contributed by atoms with Gasteiger partial charge in [-0.2, -0.15) is 0 Å². The van der Waals surface area contributed by atoms with Gasteiger partial charge < -0.3 is 4.57 Å². The molecule has 1 aliphatic rings. The van der Waals surface area contributed by atoms with Gasteiger partial charge in [-0.05, 0) is 55.3 Å². The summed E-state index contributed by atoms with van der Waals surface area (Å²) in [5.74, 6) is -0.133. The number of aromatic nitrogens is 4. The summed E-state index contributed by atoms with van der Waals surface area (Å²) in [5.41, 5.74) is 1.49. The number of hydrogen-bond donors (Lipinski definition) is 2. The number of nitrogens with one attached hydrogen (secondary N) is 2. The van der Waals surface area contributed by atoms with Crippen LogP contribution in [-0.2, 0) is 17.1 Å². The average Bonchev–Trinajstić information content (AvgIpc) is 3.35. The first kappa shape index (κ1) is 25.8. The van der Waals surface area contributed by atoms with E-state index in [9.17, 15) is 22.8 Å². The molecule has 2 aromatic heterocycles. The van der Waals surface area contributed by atoms with Gasteiger partial charge in [-0.15, -0.1) is 0 Å². The Kier molecular flexibility index (Phi) is 6.38. The lowest BCUT2D eigenvalue weighted by Gasteiger charge is -2.25. The van der Waals surface area contributed by atoms with E-state index in [1.165, 1.54) is 19.2 Å². The van der Waals surface area contributed by atoms with Crippen LogP contribution < -0.4 is 15.8 Å². The van der Waals surface area contributed by atoms with Gasteiger partial charge in [0.1, 0.15) is 5.82 Å². The molecule has 5 aromatic rings. The molecule has 204 valence electrons. The molecule has 40 heavy (non-hydrogen) atoms. The fourth-order valence-electron chi connectivity index (χ4n) is 5.49. The van der Waals surface area contributed by atoms with Crippen LogP contribution in [0.5, 0.6) is 0 Å². The van der Waals surface area contributed by atoms with E-state index >= 15 is 0 Å². The number of aromatic amines is 1. The van der Waals surface area contributed by atoms with E-state index in [4.69, 9.17) is 4.98 Å². The largest absolute Gasteiger partial charge is 0.321 e. The molecule has 2 heterocycles. The number of rotatable bonds is 5. The van der Waals surface area contributed by atoms with Crippen molar-refractivity contribution < 1.29 is 13.2 Å². The minimum atomic E-state index is -4.04. The van der Waals surface area contributed by atoms with Crippen molar-refractivity contribution in [3.63, 3.8) is 0 Å². The van der Waals surface area contributed by atoms with Crippen LogP contribution in [0.2, 0.25) is 0 Å². The lowest BCUT2D eigenvalue weighted by Crippen LogP contribution is -2.30. The molecule has 0 unspecified atom stereocenters. The number of carbonyl (C=O) groups is 1. The minimum Gasteiger partial charge on any atom is -0.321 e. The fourth-order valence-corrected chi connectivity index (χ4v) is 6.49. The summed E-state index contributed by atoms with van der Waals surface area (Å²) < 4.78 is 30.9. The molecule has 1 aliphatic carbocycles. The number of sulfonamides is 1. The van der Waals surface area contributed by atoms with Crippen LogP contribution in [-0.4, -0.2) is 33.7 Å². The monoisotopic (exact) mass is 557 g/mol. The zero-order valence-corrected chi connectivity index (χ0v) is 22.6. The first-order valence-electron chi connectivity index (χ1n) is 13.1. The molecule has 1 fully saturated rings. The predicted molar refractivity (Wildman–Crippen MR) is 152 cm³/mol. The van der Waals surface area contributed by atoms with E-state index in [-0.39, 0.29) is 33.0 Å². The molecule has 1 amide bonds. The summed E-state index contributed by atoms with van der Waals surface area (Å²) in [7, 11) is -2.54. The van der Waals surface area contributed by atoms with E-state index in [0.29, 0.717) is 22.3 Å². The molecule has 3 aromatic carbocycles. The standard InChI is InChI=1S/C29H27N5O5S/c1-33-29(37)22-14-12-18(16-23(22)28(36)31-33)26-30-24-17-19(13-15-25(24)34(26)20-8-4-2-5-9-20)27(35)32-40(38,39)21-10-6-3-7-11-21/h3,6-7,10-17,20H,2,4-5,8-9H2,1H3,(H,31,36)(H,32,35). The first-order chi connectivity index (χ1) is 19.2. The molecule has 0 bridgehead atoms. The summed E-state index contributed by atoms with van der Waals surface area (Å²) in [6.45, 7) is 0. The zero-order chi connectivity index (χ0) is 28.0. The SMILES string of the molecule is Cn1[nH]c(=O)c2cc(-c3nc4cc(C(=O)NS(=O)(=O)c5ccccc5)ccc4n3C3CCCCC3)ccc2c1=O. The van der Waals surface area contributed by atoms with Gasteiger partial charge in [0.2, 0.25) is 0 Å². The molecule has 0 radical (unpaired) electrons. The van der Waals surface area contributed by atoms with Crippen molar-refractivity contribution in [3.05, 3.63) is 93.0 Å². The highest BCUT2D eigenvalue weighted by molar-refractivity contribution is 7.90. The molecule has 0 spiro atoms. The number of imidazole rings is 1. The number of fused-ring (bicyclic) bond motifs is 2. The van der Waals surface area contributed by atoms with Gasteiger partial charge in [0.05, 0.1) is 26.7 Å². The predicted octanol–water partition coefficient (Wildman–Crippen LogP) is 3.87. The third kappa shape index (κ3) is 4.51. The smallest absolute Gasteiger partial charge is 0.272 e. The van der Waals surface area contributed by atoms with E-state index in [1.807, 2.05) is 0 Å². The van der Waals surface area contributed by atoms with Gasteiger partial charge in [0.15, 0.2) is 0 Å². The highest BCUT2D eigenvalue weighted by Gasteiger charge is 2.24. The van der Waals surface area contributed by atoms with Gasteiger partial charge in [-0.3, -0.25) is 24.2 Å². The second-order valence-corrected chi connectivity index (χ2v) is 11.8. The number of amides is 1. The highest BCUT2D eigenvalue weighted by atomic mass is 32.2. The number of nitrogens with zero attached hydrogens (tertiary/aromatic N) is 3. The molecule has 10 nitrogen and oxygen atoms in total. The number of aryl methyl sites for hydroxylation is 1. The van der Waals surface area contributed by atoms with E-state index in [1.54, 1.807) is 54.6 Å². The summed E-state index contributed by atoms with van der Waals surface area (Å²) in [4.78, 5) is 43.1. The maximum absolute atomic E-state index is 13.0. The molecule has 0 atom stereocenters. The zero-order valence-electron chi connectivity index (χ0n) is 21.8.